The lowest BCUT2D eigenvalue weighted by Gasteiger charge is -2.06. The standard InChI is InChI=1S/C21H17NO4/c1-3-14-10-12(2)20(25-14)21(24)22-13-8-9-18-16(11-13)19(23)15-6-4-5-7-17(15)26-18/h4-11H,3H2,1-2H3,(H,22,24). The summed E-state index contributed by atoms with van der Waals surface area (Å²) in [5, 5.41) is 3.73. The first-order chi connectivity index (χ1) is 12.6. The van der Waals surface area contributed by atoms with Crippen LogP contribution in [-0.4, -0.2) is 5.91 Å². The maximum absolute atomic E-state index is 12.7. The number of anilines is 1. The van der Waals surface area contributed by atoms with Crippen LogP contribution in [0.1, 0.15) is 28.8 Å². The lowest BCUT2D eigenvalue weighted by molar-refractivity contribution is 0.0994. The summed E-state index contributed by atoms with van der Waals surface area (Å²) in [6.45, 7) is 3.80. The summed E-state index contributed by atoms with van der Waals surface area (Å²) in [5.74, 6) is 0.706. The highest BCUT2D eigenvalue weighted by atomic mass is 16.4. The molecule has 1 N–H and O–H groups in total. The molecule has 26 heavy (non-hydrogen) atoms. The van der Waals surface area contributed by atoms with Gasteiger partial charge in [0.2, 0.25) is 5.43 Å². The van der Waals surface area contributed by atoms with E-state index in [-0.39, 0.29) is 17.1 Å². The molecule has 5 nitrogen and oxygen atoms in total. The van der Waals surface area contributed by atoms with Gasteiger partial charge in [-0.05, 0) is 43.3 Å². The van der Waals surface area contributed by atoms with Crippen LogP contribution in [0.15, 0.2) is 62.2 Å². The van der Waals surface area contributed by atoms with Gasteiger partial charge in [-0.2, -0.15) is 0 Å². The molecule has 2 aromatic heterocycles. The highest BCUT2D eigenvalue weighted by molar-refractivity contribution is 6.04. The number of carbonyl (C=O) groups is 1. The molecule has 4 aromatic rings. The van der Waals surface area contributed by atoms with Gasteiger partial charge in [0, 0.05) is 17.7 Å². The van der Waals surface area contributed by atoms with E-state index in [0.29, 0.717) is 27.6 Å². The number of rotatable bonds is 3. The SMILES string of the molecule is CCc1cc(C)c(C(=O)Nc2ccc3oc4ccccc4c(=O)c3c2)o1. The fraction of sp³-hybridized carbons (Fsp3) is 0.143. The zero-order chi connectivity index (χ0) is 18.3. The van der Waals surface area contributed by atoms with Crippen LogP contribution in [0.5, 0.6) is 0 Å². The summed E-state index contributed by atoms with van der Waals surface area (Å²) in [5.41, 5.74) is 2.19. The Morgan fingerprint density at radius 3 is 2.54 bits per heavy atom. The number of furan rings is 1. The van der Waals surface area contributed by atoms with E-state index in [2.05, 4.69) is 5.32 Å². The number of nitrogens with one attached hydrogen (secondary N) is 1. The molecule has 0 fully saturated rings. The molecule has 0 aliphatic carbocycles. The largest absolute Gasteiger partial charge is 0.456 e. The number of amides is 1. The van der Waals surface area contributed by atoms with Crippen molar-refractivity contribution in [2.24, 2.45) is 0 Å². The third-order valence-corrected chi connectivity index (χ3v) is 4.36. The van der Waals surface area contributed by atoms with Gasteiger partial charge >= 0.3 is 0 Å². The van der Waals surface area contributed by atoms with Crippen LogP contribution < -0.4 is 10.7 Å². The van der Waals surface area contributed by atoms with Crippen molar-refractivity contribution < 1.29 is 13.6 Å². The highest BCUT2D eigenvalue weighted by Crippen LogP contribution is 2.23. The van der Waals surface area contributed by atoms with Gasteiger partial charge in [-0.3, -0.25) is 9.59 Å². The van der Waals surface area contributed by atoms with E-state index in [1.807, 2.05) is 26.0 Å². The average Bonchev–Trinajstić information content (AvgIpc) is 3.03. The smallest absolute Gasteiger partial charge is 0.291 e. The van der Waals surface area contributed by atoms with Gasteiger partial charge in [0.1, 0.15) is 16.9 Å². The minimum Gasteiger partial charge on any atom is -0.456 e. The van der Waals surface area contributed by atoms with Crippen molar-refractivity contribution in [2.75, 3.05) is 5.32 Å². The molecule has 0 unspecified atom stereocenters. The minimum atomic E-state index is -0.341. The van der Waals surface area contributed by atoms with Crippen molar-refractivity contribution in [3.8, 4) is 0 Å². The summed E-state index contributed by atoms with van der Waals surface area (Å²) in [6.07, 6.45) is 0.720. The van der Waals surface area contributed by atoms with Crippen LogP contribution in [0.3, 0.4) is 0 Å². The van der Waals surface area contributed by atoms with Crippen molar-refractivity contribution >= 4 is 33.5 Å². The third kappa shape index (κ3) is 2.67. The van der Waals surface area contributed by atoms with Crippen LogP contribution in [-0.2, 0) is 6.42 Å². The van der Waals surface area contributed by atoms with Gasteiger partial charge in [-0.1, -0.05) is 19.1 Å². The molecule has 0 bridgehead atoms. The quantitative estimate of drug-likeness (QED) is 0.547. The van der Waals surface area contributed by atoms with Gasteiger partial charge in [0.05, 0.1) is 10.8 Å². The van der Waals surface area contributed by atoms with E-state index < -0.39 is 0 Å². The second-order valence-corrected chi connectivity index (χ2v) is 6.17. The Labute approximate surface area is 149 Å². The Morgan fingerprint density at radius 1 is 1.00 bits per heavy atom. The lowest BCUT2D eigenvalue weighted by atomic mass is 10.1. The molecule has 130 valence electrons. The minimum absolute atomic E-state index is 0.125. The maximum atomic E-state index is 12.7. The molecule has 0 saturated carbocycles. The molecule has 0 aliphatic heterocycles. The van der Waals surface area contributed by atoms with E-state index in [9.17, 15) is 9.59 Å². The summed E-state index contributed by atoms with van der Waals surface area (Å²) in [6, 6.07) is 14.0. The number of benzene rings is 2. The van der Waals surface area contributed by atoms with Crippen molar-refractivity contribution in [3.63, 3.8) is 0 Å². The molecule has 0 atom stereocenters. The Kier molecular flexibility index (Phi) is 3.84. The van der Waals surface area contributed by atoms with Gasteiger partial charge < -0.3 is 14.2 Å². The zero-order valence-corrected chi connectivity index (χ0v) is 14.5. The molecule has 5 heteroatoms. The number of fused-ring (bicyclic) bond motifs is 2. The van der Waals surface area contributed by atoms with E-state index in [1.54, 1.807) is 36.4 Å². The zero-order valence-electron chi connectivity index (χ0n) is 14.5. The predicted molar refractivity (Wildman–Crippen MR) is 101 cm³/mol. The Morgan fingerprint density at radius 2 is 1.77 bits per heavy atom. The molecule has 1 amide bonds. The predicted octanol–water partition coefficient (Wildman–Crippen LogP) is 4.66. The normalized spacial score (nSPS) is 11.2. The Balaban J connectivity index is 1.74. The van der Waals surface area contributed by atoms with Crippen LogP contribution in [0.4, 0.5) is 5.69 Å². The van der Waals surface area contributed by atoms with Gasteiger partial charge in [0.15, 0.2) is 5.76 Å². The van der Waals surface area contributed by atoms with Gasteiger partial charge in [-0.15, -0.1) is 0 Å². The fourth-order valence-corrected chi connectivity index (χ4v) is 3.02. The van der Waals surface area contributed by atoms with Crippen molar-refractivity contribution in [3.05, 3.63) is 75.8 Å². The second-order valence-electron chi connectivity index (χ2n) is 6.17. The first-order valence-electron chi connectivity index (χ1n) is 8.43. The number of hydrogen-bond donors (Lipinski definition) is 1. The van der Waals surface area contributed by atoms with Crippen molar-refractivity contribution in [2.45, 2.75) is 20.3 Å². The van der Waals surface area contributed by atoms with Crippen molar-refractivity contribution in [1.29, 1.82) is 0 Å². The molecule has 0 radical (unpaired) electrons. The fourth-order valence-electron chi connectivity index (χ4n) is 3.02. The van der Waals surface area contributed by atoms with E-state index in [1.165, 1.54) is 0 Å². The van der Waals surface area contributed by atoms with Crippen LogP contribution in [0.25, 0.3) is 21.9 Å². The summed E-state index contributed by atoms with van der Waals surface area (Å²) >= 11 is 0. The number of carbonyl (C=O) groups excluding carboxylic acids is 1. The molecule has 2 heterocycles. The summed E-state index contributed by atoms with van der Waals surface area (Å²) in [7, 11) is 0. The molecular formula is C21H17NO4. The number of para-hydroxylation sites is 1. The highest BCUT2D eigenvalue weighted by Gasteiger charge is 2.16. The average molecular weight is 347 g/mol. The van der Waals surface area contributed by atoms with E-state index >= 15 is 0 Å². The summed E-state index contributed by atoms with van der Waals surface area (Å²) < 4.78 is 11.4. The van der Waals surface area contributed by atoms with Crippen LogP contribution in [0.2, 0.25) is 0 Å². The molecule has 0 saturated heterocycles. The molecule has 0 aliphatic rings. The van der Waals surface area contributed by atoms with Gasteiger partial charge in [-0.25, -0.2) is 0 Å². The monoisotopic (exact) mass is 347 g/mol. The van der Waals surface area contributed by atoms with Crippen LogP contribution in [0, 0.1) is 6.92 Å². The maximum Gasteiger partial charge on any atom is 0.291 e. The number of aryl methyl sites for hydroxylation is 2. The van der Waals surface area contributed by atoms with Crippen LogP contribution >= 0.6 is 0 Å². The van der Waals surface area contributed by atoms with Crippen molar-refractivity contribution in [1.82, 2.24) is 0 Å². The third-order valence-electron chi connectivity index (χ3n) is 4.36. The summed E-state index contributed by atoms with van der Waals surface area (Å²) in [4.78, 5) is 25.2. The number of hydrogen-bond acceptors (Lipinski definition) is 4. The van der Waals surface area contributed by atoms with E-state index in [4.69, 9.17) is 8.83 Å². The second kappa shape index (κ2) is 6.19. The van der Waals surface area contributed by atoms with Gasteiger partial charge in [0.25, 0.3) is 5.91 Å². The molecule has 2 aromatic carbocycles. The Hall–Kier alpha value is -3.34. The Bertz CT molecular complexity index is 1200. The molecular weight excluding hydrogens is 330 g/mol. The first-order valence-corrected chi connectivity index (χ1v) is 8.43. The van der Waals surface area contributed by atoms with E-state index in [0.717, 1.165) is 17.7 Å². The lowest BCUT2D eigenvalue weighted by Crippen LogP contribution is -2.12. The topological polar surface area (TPSA) is 72.5 Å². The molecule has 4 rings (SSSR count). The first kappa shape index (κ1) is 16.1. The molecule has 0 spiro atoms.